The molecule has 3 aromatic carbocycles. The molecular weight excluding hydrogens is 435 g/mol. The molecule has 0 bridgehead atoms. The van der Waals surface area contributed by atoms with Crippen molar-refractivity contribution in [1.82, 2.24) is 18.7 Å². The van der Waals surface area contributed by atoms with E-state index in [1.165, 1.54) is 34.7 Å². The maximum absolute atomic E-state index is 13.8. The van der Waals surface area contributed by atoms with Crippen molar-refractivity contribution >= 4 is 11.2 Å². The number of aromatic nitrogens is 4. The highest BCUT2D eigenvalue weighted by molar-refractivity contribution is 5.73. The van der Waals surface area contributed by atoms with E-state index in [9.17, 15) is 14.0 Å². The van der Waals surface area contributed by atoms with E-state index in [1.807, 2.05) is 30.3 Å². The molecule has 0 saturated heterocycles. The van der Waals surface area contributed by atoms with Crippen molar-refractivity contribution in [3.05, 3.63) is 123 Å². The Morgan fingerprint density at radius 2 is 1.62 bits per heavy atom. The molecule has 5 rings (SSSR count). The molecule has 0 aliphatic heterocycles. The van der Waals surface area contributed by atoms with Crippen LogP contribution in [0.25, 0.3) is 16.9 Å². The minimum absolute atomic E-state index is 0.0920. The fourth-order valence-electron chi connectivity index (χ4n) is 4.07. The lowest BCUT2D eigenvalue weighted by Gasteiger charge is -2.15. The number of halogens is 1. The molecule has 5 aromatic rings. The summed E-state index contributed by atoms with van der Waals surface area (Å²) < 4.78 is 23.5. The van der Waals surface area contributed by atoms with Gasteiger partial charge in [0.2, 0.25) is 0 Å². The van der Waals surface area contributed by atoms with E-state index in [0.717, 1.165) is 5.56 Å². The van der Waals surface area contributed by atoms with Gasteiger partial charge in [-0.25, -0.2) is 18.7 Å². The van der Waals surface area contributed by atoms with Crippen LogP contribution in [0.3, 0.4) is 0 Å². The smallest absolute Gasteiger partial charge is 0.337 e. The lowest BCUT2D eigenvalue weighted by molar-refractivity contribution is 0.412. The first kappa shape index (κ1) is 21.4. The normalized spacial score (nSPS) is 11.1. The number of para-hydroxylation sites is 2. The Morgan fingerprint density at radius 1 is 0.882 bits per heavy atom. The first-order chi connectivity index (χ1) is 16.6. The van der Waals surface area contributed by atoms with Crippen molar-refractivity contribution in [2.45, 2.75) is 13.1 Å². The molecule has 0 aliphatic rings. The van der Waals surface area contributed by atoms with Crippen molar-refractivity contribution in [2.75, 3.05) is 7.11 Å². The van der Waals surface area contributed by atoms with Crippen LogP contribution in [-0.2, 0) is 13.1 Å². The molecule has 0 saturated carbocycles. The molecule has 0 amide bonds. The highest BCUT2D eigenvalue weighted by Gasteiger charge is 2.21. The summed E-state index contributed by atoms with van der Waals surface area (Å²) in [7, 11) is 1.52. The van der Waals surface area contributed by atoms with Crippen molar-refractivity contribution in [2.24, 2.45) is 0 Å². The number of ether oxygens (including phenoxy) is 1. The van der Waals surface area contributed by atoms with E-state index < -0.39 is 11.2 Å². The van der Waals surface area contributed by atoms with Crippen LogP contribution in [0.15, 0.2) is 94.8 Å². The van der Waals surface area contributed by atoms with Gasteiger partial charge in [-0.05, 0) is 35.4 Å². The second-order valence-corrected chi connectivity index (χ2v) is 7.84. The zero-order valence-electron chi connectivity index (χ0n) is 18.4. The summed E-state index contributed by atoms with van der Waals surface area (Å²) in [5.74, 6) is 0.102. The molecule has 0 spiro atoms. The largest absolute Gasteiger partial charge is 0.495 e. The molecule has 2 aromatic heterocycles. The summed E-state index contributed by atoms with van der Waals surface area (Å²) in [5, 5.41) is 0. The predicted molar refractivity (Wildman–Crippen MR) is 127 cm³/mol. The minimum atomic E-state index is -0.526. The molecule has 0 radical (unpaired) electrons. The summed E-state index contributed by atoms with van der Waals surface area (Å²) in [6.07, 6.45) is 1.50. The summed E-state index contributed by atoms with van der Waals surface area (Å²) in [6.45, 7) is 0.313. The summed E-state index contributed by atoms with van der Waals surface area (Å²) in [6, 6.07) is 22.5. The van der Waals surface area contributed by atoms with Gasteiger partial charge in [-0.15, -0.1) is 0 Å². The van der Waals surface area contributed by atoms with E-state index in [-0.39, 0.29) is 30.1 Å². The third-order valence-corrected chi connectivity index (χ3v) is 5.65. The van der Waals surface area contributed by atoms with Crippen LogP contribution in [0, 0.1) is 5.82 Å². The average molecular weight is 456 g/mol. The molecule has 34 heavy (non-hydrogen) atoms. The highest BCUT2D eigenvalue weighted by Crippen LogP contribution is 2.23. The Hall–Kier alpha value is -4.46. The van der Waals surface area contributed by atoms with Gasteiger partial charge in [-0.2, -0.15) is 0 Å². The molecule has 170 valence electrons. The van der Waals surface area contributed by atoms with Crippen molar-refractivity contribution in [3.8, 4) is 11.4 Å². The Labute approximate surface area is 193 Å². The lowest BCUT2D eigenvalue weighted by Crippen LogP contribution is -2.40. The lowest BCUT2D eigenvalue weighted by atomic mass is 10.2. The van der Waals surface area contributed by atoms with E-state index in [4.69, 9.17) is 4.74 Å². The molecular formula is C26H21FN4O3. The second kappa shape index (κ2) is 8.82. The maximum atomic E-state index is 13.8. The van der Waals surface area contributed by atoms with E-state index in [1.54, 1.807) is 41.0 Å². The maximum Gasteiger partial charge on any atom is 0.337 e. The van der Waals surface area contributed by atoms with Gasteiger partial charge in [-0.1, -0.05) is 54.6 Å². The Bertz CT molecular complexity index is 1600. The molecule has 0 atom stereocenters. The standard InChI is InChI=1S/C26H21FN4O3/c1-34-22-13-6-5-12-21(22)31-24-23(29(17-28-24)15-19-10-7-11-20(27)14-19)25(32)30(26(31)33)16-18-8-3-2-4-9-18/h2-14,17H,15-16H2,1H3. The number of rotatable bonds is 6. The zero-order chi connectivity index (χ0) is 23.7. The fraction of sp³-hybridized carbons (Fsp3) is 0.115. The molecule has 7 nitrogen and oxygen atoms in total. The third-order valence-electron chi connectivity index (χ3n) is 5.65. The van der Waals surface area contributed by atoms with Crippen LogP contribution < -0.4 is 16.0 Å². The molecule has 0 fully saturated rings. The molecule has 0 unspecified atom stereocenters. The second-order valence-electron chi connectivity index (χ2n) is 7.84. The highest BCUT2D eigenvalue weighted by atomic mass is 19.1. The monoisotopic (exact) mass is 456 g/mol. The average Bonchev–Trinajstić information content (AvgIpc) is 3.26. The van der Waals surface area contributed by atoms with E-state index >= 15 is 0 Å². The minimum Gasteiger partial charge on any atom is -0.495 e. The van der Waals surface area contributed by atoms with Gasteiger partial charge in [0.05, 0.1) is 25.7 Å². The van der Waals surface area contributed by atoms with E-state index in [0.29, 0.717) is 17.0 Å². The number of hydrogen-bond donors (Lipinski definition) is 0. The summed E-state index contributed by atoms with van der Waals surface area (Å²) in [5.41, 5.74) is 1.40. The number of fused-ring (bicyclic) bond motifs is 1. The summed E-state index contributed by atoms with van der Waals surface area (Å²) in [4.78, 5) is 31.7. The molecule has 0 N–H and O–H groups in total. The van der Waals surface area contributed by atoms with Crippen LogP contribution in [-0.4, -0.2) is 25.8 Å². The summed E-state index contributed by atoms with van der Waals surface area (Å²) >= 11 is 0. The number of methoxy groups -OCH3 is 1. The van der Waals surface area contributed by atoms with Crippen LogP contribution in [0.5, 0.6) is 5.75 Å². The third kappa shape index (κ3) is 3.79. The molecule has 2 heterocycles. The number of imidazole rings is 1. The van der Waals surface area contributed by atoms with Crippen LogP contribution in [0.2, 0.25) is 0 Å². The van der Waals surface area contributed by atoms with E-state index in [2.05, 4.69) is 4.98 Å². The van der Waals surface area contributed by atoms with Crippen molar-refractivity contribution in [3.63, 3.8) is 0 Å². The quantitative estimate of drug-likeness (QED) is 0.392. The number of benzene rings is 3. The van der Waals surface area contributed by atoms with Gasteiger partial charge in [0.15, 0.2) is 11.2 Å². The molecule has 0 aliphatic carbocycles. The zero-order valence-corrected chi connectivity index (χ0v) is 18.4. The van der Waals surface area contributed by atoms with Gasteiger partial charge in [0.25, 0.3) is 5.56 Å². The SMILES string of the molecule is COc1ccccc1-n1c(=O)n(Cc2ccccc2)c(=O)c2c1ncn2Cc1cccc(F)c1. The van der Waals surface area contributed by atoms with Crippen molar-refractivity contribution < 1.29 is 9.13 Å². The Kier molecular flexibility index (Phi) is 5.55. The first-order valence-corrected chi connectivity index (χ1v) is 10.7. The van der Waals surface area contributed by atoms with Gasteiger partial charge >= 0.3 is 5.69 Å². The van der Waals surface area contributed by atoms with Gasteiger partial charge in [0.1, 0.15) is 11.6 Å². The van der Waals surface area contributed by atoms with Gasteiger partial charge in [-0.3, -0.25) is 9.36 Å². The molecule has 8 heteroatoms. The van der Waals surface area contributed by atoms with Gasteiger partial charge in [0, 0.05) is 6.54 Å². The van der Waals surface area contributed by atoms with Gasteiger partial charge < -0.3 is 9.30 Å². The van der Waals surface area contributed by atoms with Crippen molar-refractivity contribution in [1.29, 1.82) is 0 Å². The topological polar surface area (TPSA) is 71.1 Å². The predicted octanol–water partition coefficient (Wildman–Crippen LogP) is 3.59. The Morgan fingerprint density at radius 3 is 2.38 bits per heavy atom. The number of hydrogen-bond acceptors (Lipinski definition) is 4. The van der Waals surface area contributed by atoms with Crippen LogP contribution in [0.1, 0.15) is 11.1 Å². The first-order valence-electron chi connectivity index (χ1n) is 10.7. The Balaban J connectivity index is 1.79. The number of nitrogens with zero attached hydrogens (tertiary/aromatic N) is 4. The van der Waals surface area contributed by atoms with Crippen LogP contribution in [0.4, 0.5) is 4.39 Å². The fourth-order valence-corrected chi connectivity index (χ4v) is 4.07. The van der Waals surface area contributed by atoms with Crippen LogP contribution >= 0.6 is 0 Å².